The van der Waals surface area contributed by atoms with Gasteiger partial charge in [0.25, 0.3) is 11.7 Å². The van der Waals surface area contributed by atoms with Crippen molar-refractivity contribution in [1.82, 2.24) is 4.90 Å². The molecule has 6 nitrogen and oxygen atoms in total. The lowest BCUT2D eigenvalue weighted by Crippen LogP contribution is -2.40. The molecule has 1 heterocycles. The number of carbonyl (C=O) groups is 2. The number of hydrogen-bond acceptors (Lipinski definition) is 5. The molecule has 1 unspecified atom stereocenters. The molecule has 1 saturated carbocycles. The average Bonchev–Trinajstić information content (AvgIpc) is 3.10. The van der Waals surface area contributed by atoms with Crippen LogP contribution in [0.5, 0.6) is 11.5 Å². The third kappa shape index (κ3) is 4.09. The summed E-state index contributed by atoms with van der Waals surface area (Å²) in [5.74, 6) is -0.0821. The minimum Gasteiger partial charge on any atom is -0.507 e. The first-order valence-corrected chi connectivity index (χ1v) is 11.2. The Morgan fingerprint density at radius 3 is 2.41 bits per heavy atom. The zero-order chi connectivity index (χ0) is 22.7. The zero-order valence-electron chi connectivity index (χ0n) is 18.5. The minimum atomic E-state index is -0.644. The number of likely N-dealkylation sites (tertiary alicyclic amines) is 1. The molecule has 1 aliphatic carbocycles. The molecular formula is C26H29NO5. The Kier molecular flexibility index (Phi) is 6.49. The van der Waals surface area contributed by atoms with E-state index >= 15 is 0 Å². The molecule has 0 radical (unpaired) electrons. The van der Waals surface area contributed by atoms with Gasteiger partial charge in [0.1, 0.15) is 17.3 Å². The quantitative estimate of drug-likeness (QED) is 0.399. The molecule has 1 aliphatic heterocycles. The van der Waals surface area contributed by atoms with Gasteiger partial charge in [0.15, 0.2) is 0 Å². The molecule has 2 aromatic carbocycles. The predicted molar refractivity (Wildman–Crippen MR) is 122 cm³/mol. The van der Waals surface area contributed by atoms with Crippen LogP contribution in [-0.4, -0.2) is 41.5 Å². The Balaban J connectivity index is 1.83. The van der Waals surface area contributed by atoms with Crippen molar-refractivity contribution in [3.63, 3.8) is 0 Å². The number of amides is 1. The Bertz CT molecular complexity index is 1020. The van der Waals surface area contributed by atoms with E-state index in [0.29, 0.717) is 17.9 Å². The van der Waals surface area contributed by atoms with Gasteiger partial charge in [-0.25, -0.2) is 0 Å². The number of carbonyl (C=O) groups excluding carboxylic acids is 2. The Morgan fingerprint density at radius 1 is 1.03 bits per heavy atom. The lowest BCUT2D eigenvalue weighted by Gasteiger charge is -2.35. The van der Waals surface area contributed by atoms with E-state index < -0.39 is 17.7 Å². The Hall–Kier alpha value is -3.28. The number of hydrogen-bond donors (Lipinski definition) is 1. The van der Waals surface area contributed by atoms with E-state index in [4.69, 9.17) is 9.47 Å². The fourth-order valence-electron chi connectivity index (χ4n) is 4.75. The van der Waals surface area contributed by atoms with Crippen molar-refractivity contribution in [1.29, 1.82) is 0 Å². The van der Waals surface area contributed by atoms with Crippen molar-refractivity contribution in [2.75, 3.05) is 13.7 Å². The summed E-state index contributed by atoms with van der Waals surface area (Å²) in [6.07, 6.45) is 4.91. The second-order valence-corrected chi connectivity index (χ2v) is 8.23. The van der Waals surface area contributed by atoms with Gasteiger partial charge < -0.3 is 19.5 Å². The van der Waals surface area contributed by atoms with Crippen LogP contribution in [0.2, 0.25) is 0 Å². The summed E-state index contributed by atoms with van der Waals surface area (Å²) in [5.41, 5.74) is 1.35. The number of aliphatic hydroxyl groups is 1. The lowest BCUT2D eigenvalue weighted by atomic mass is 9.91. The fourth-order valence-corrected chi connectivity index (χ4v) is 4.75. The van der Waals surface area contributed by atoms with Crippen molar-refractivity contribution in [2.45, 2.75) is 51.1 Å². The Labute approximate surface area is 188 Å². The number of benzene rings is 2. The van der Waals surface area contributed by atoms with E-state index in [1.165, 1.54) is 0 Å². The maximum atomic E-state index is 13.2. The second-order valence-electron chi connectivity index (χ2n) is 8.23. The molecule has 0 aromatic heterocycles. The SMILES string of the molecule is CCOc1ccc(C2/C(=C(/O)c3cccc(OC)c3)C(=O)C(=O)N2C2CCCCC2)cc1. The molecule has 1 amide bonds. The van der Waals surface area contributed by atoms with Gasteiger partial charge in [0, 0.05) is 11.6 Å². The summed E-state index contributed by atoms with van der Waals surface area (Å²) < 4.78 is 10.8. The third-order valence-corrected chi connectivity index (χ3v) is 6.30. The topological polar surface area (TPSA) is 76.1 Å². The molecule has 2 aromatic rings. The molecule has 2 fully saturated rings. The van der Waals surface area contributed by atoms with Crippen LogP contribution in [0.4, 0.5) is 0 Å². The normalized spacial score (nSPS) is 21.1. The molecule has 1 N–H and O–H groups in total. The molecule has 0 bridgehead atoms. The molecule has 6 heteroatoms. The highest BCUT2D eigenvalue weighted by Crippen LogP contribution is 2.43. The van der Waals surface area contributed by atoms with E-state index in [1.807, 2.05) is 31.2 Å². The van der Waals surface area contributed by atoms with Crippen LogP contribution < -0.4 is 9.47 Å². The summed E-state index contributed by atoms with van der Waals surface area (Å²) in [4.78, 5) is 28.1. The Morgan fingerprint density at radius 2 is 1.75 bits per heavy atom. The summed E-state index contributed by atoms with van der Waals surface area (Å²) in [6, 6.07) is 13.6. The first kappa shape index (κ1) is 21.9. The van der Waals surface area contributed by atoms with E-state index in [-0.39, 0.29) is 17.4 Å². The van der Waals surface area contributed by atoms with Crippen molar-refractivity contribution in [3.8, 4) is 11.5 Å². The third-order valence-electron chi connectivity index (χ3n) is 6.30. The van der Waals surface area contributed by atoms with Gasteiger partial charge in [-0.1, -0.05) is 43.5 Å². The molecule has 32 heavy (non-hydrogen) atoms. The molecule has 0 spiro atoms. The molecule has 2 aliphatic rings. The molecule has 4 rings (SSSR count). The number of aliphatic hydroxyl groups excluding tert-OH is 1. The van der Waals surface area contributed by atoms with Crippen LogP contribution >= 0.6 is 0 Å². The monoisotopic (exact) mass is 435 g/mol. The average molecular weight is 436 g/mol. The lowest BCUT2D eigenvalue weighted by molar-refractivity contribution is -0.141. The van der Waals surface area contributed by atoms with Crippen LogP contribution in [0.3, 0.4) is 0 Å². The molecule has 1 atom stereocenters. The highest BCUT2D eigenvalue weighted by Gasteiger charge is 2.48. The van der Waals surface area contributed by atoms with E-state index in [2.05, 4.69) is 0 Å². The van der Waals surface area contributed by atoms with E-state index in [0.717, 1.165) is 43.4 Å². The van der Waals surface area contributed by atoms with Crippen LogP contribution in [0.1, 0.15) is 56.2 Å². The molecular weight excluding hydrogens is 406 g/mol. The highest BCUT2D eigenvalue weighted by molar-refractivity contribution is 6.46. The summed E-state index contributed by atoms with van der Waals surface area (Å²) in [7, 11) is 1.54. The van der Waals surface area contributed by atoms with Crippen LogP contribution in [0.25, 0.3) is 5.76 Å². The van der Waals surface area contributed by atoms with Crippen molar-refractivity contribution < 1.29 is 24.2 Å². The largest absolute Gasteiger partial charge is 0.507 e. The van der Waals surface area contributed by atoms with Gasteiger partial charge in [-0.05, 0) is 49.6 Å². The summed E-state index contributed by atoms with van der Waals surface area (Å²) in [5, 5.41) is 11.2. The minimum absolute atomic E-state index is 0.0209. The maximum absolute atomic E-state index is 13.2. The first-order chi connectivity index (χ1) is 15.5. The smallest absolute Gasteiger partial charge is 0.295 e. The van der Waals surface area contributed by atoms with Gasteiger partial charge in [-0.3, -0.25) is 9.59 Å². The zero-order valence-corrected chi connectivity index (χ0v) is 18.5. The van der Waals surface area contributed by atoms with E-state index in [1.54, 1.807) is 36.3 Å². The fraction of sp³-hybridized carbons (Fsp3) is 0.385. The standard InChI is InChI=1S/C26H29NO5/c1-3-32-20-14-12-17(13-15-20)23-22(24(28)18-8-7-11-21(16-18)31-2)25(29)26(30)27(23)19-9-5-4-6-10-19/h7-8,11-16,19,23,28H,3-6,9-10H2,1-2H3/b24-22-. The number of Topliss-reactive ketones (excluding diaryl/α,β-unsaturated/α-hetero) is 1. The van der Waals surface area contributed by atoms with Gasteiger partial charge in [-0.2, -0.15) is 0 Å². The highest BCUT2D eigenvalue weighted by atomic mass is 16.5. The van der Waals surface area contributed by atoms with Gasteiger partial charge in [0.2, 0.25) is 0 Å². The van der Waals surface area contributed by atoms with Crippen LogP contribution in [0.15, 0.2) is 54.1 Å². The van der Waals surface area contributed by atoms with Crippen molar-refractivity contribution in [2.24, 2.45) is 0 Å². The molecule has 168 valence electrons. The number of nitrogens with zero attached hydrogens (tertiary/aromatic N) is 1. The number of ether oxygens (including phenoxy) is 2. The molecule has 1 saturated heterocycles. The van der Waals surface area contributed by atoms with Crippen LogP contribution in [0, 0.1) is 0 Å². The predicted octanol–water partition coefficient (Wildman–Crippen LogP) is 4.85. The summed E-state index contributed by atoms with van der Waals surface area (Å²) in [6.45, 7) is 2.47. The summed E-state index contributed by atoms with van der Waals surface area (Å²) >= 11 is 0. The van der Waals surface area contributed by atoms with Gasteiger partial charge >= 0.3 is 0 Å². The second kappa shape index (κ2) is 9.47. The van der Waals surface area contributed by atoms with Gasteiger partial charge in [0.05, 0.1) is 25.3 Å². The number of methoxy groups -OCH3 is 1. The number of ketones is 1. The van der Waals surface area contributed by atoms with Gasteiger partial charge in [-0.15, -0.1) is 0 Å². The van der Waals surface area contributed by atoms with Crippen LogP contribution in [-0.2, 0) is 9.59 Å². The van der Waals surface area contributed by atoms with E-state index in [9.17, 15) is 14.7 Å². The maximum Gasteiger partial charge on any atom is 0.295 e. The van der Waals surface area contributed by atoms with Crippen molar-refractivity contribution in [3.05, 3.63) is 65.2 Å². The first-order valence-electron chi connectivity index (χ1n) is 11.2. The van der Waals surface area contributed by atoms with Crippen molar-refractivity contribution >= 4 is 17.4 Å². The number of rotatable bonds is 6.